The molecule has 108 valence electrons. The van der Waals surface area contributed by atoms with Crippen LogP contribution in [0.1, 0.15) is 24.3 Å². The molecule has 3 atom stereocenters. The lowest BCUT2D eigenvalue weighted by atomic mass is 9.51. The van der Waals surface area contributed by atoms with Crippen molar-refractivity contribution in [2.75, 3.05) is 0 Å². The third kappa shape index (κ3) is 1.46. The van der Waals surface area contributed by atoms with E-state index in [0.29, 0.717) is 5.56 Å². The van der Waals surface area contributed by atoms with Crippen molar-refractivity contribution in [1.29, 1.82) is 15.8 Å². The molecular weight excluding hydrogens is 280 g/mol. The van der Waals surface area contributed by atoms with Gasteiger partial charge >= 0.3 is 0 Å². The van der Waals surface area contributed by atoms with Gasteiger partial charge in [0.2, 0.25) is 5.91 Å². The van der Waals surface area contributed by atoms with Gasteiger partial charge in [0.25, 0.3) is 0 Å². The van der Waals surface area contributed by atoms with Gasteiger partial charge in [0.1, 0.15) is 5.72 Å². The Kier molecular flexibility index (Phi) is 2.75. The Labute approximate surface area is 127 Å². The zero-order valence-electron chi connectivity index (χ0n) is 11.6. The summed E-state index contributed by atoms with van der Waals surface area (Å²) in [5.41, 5.74) is -4.62. The monoisotopic (exact) mass is 292 g/mol. The maximum absolute atomic E-state index is 12.3. The Morgan fingerprint density at radius 3 is 2.32 bits per heavy atom. The first kappa shape index (κ1) is 14.1. The number of nitrogens with zero attached hydrogens (tertiary/aromatic N) is 3. The predicted molar refractivity (Wildman–Crippen MR) is 73.2 cm³/mol. The number of carbonyl (C=O) groups is 1. The molecule has 1 heterocycles. The van der Waals surface area contributed by atoms with E-state index in [0.717, 1.165) is 0 Å². The van der Waals surface area contributed by atoms with Gasteiger partial charge in [-0.05, 0) is 5.56 Å². The van der Waals surface area contributed by atoms with Crippen LogP contribution in [0.2, 0.25) is 0 Å². The van der Waals surface area contributed by atoms with E-state index in [4.69, 9.17) is 0 Å². The molecule has 1 aliphatic carbocycles. The third-order valence-electron chi connectivity index (χ3n) is 4.77. The van der Waals surface area contributed by atoms with E-state index in [1.165, 1.54) is 0 Å². The van der Waals surface area contributed by atoms with E-state index < -0.39 is 28.4 Å². The smallest absolute Gasteiger partial charge is 0.245 e. The van der Waals surface area contributed by atoms with Gasteiger partial charge in [0.05, 0.1) is 18.2 Å². The van der Waals surface area contributed by atoms with Crippen LogP contribution in [0, 0.1) is 44.8 Å². The molecule has 6 heteroatoms. The third-order valence-corrected chi connectivity index (χ3v) is 4.77. The second kappa shape index (κ2) is 4.31. The summed E-state index contributed by atoms with van der Waals surface area (Å²) in [5, 5.41) is 41.9. The Bertz CT molecular complexity index is 756. The first-order valence-electron chi connectivity index (χ1n) is 6.81. The summed E-state index contributed by atoms with van der Waals surface area (Å²) in [4.78, 5) is 12.3. The summed E-state index contributed by atoms with van der Waals surface area (Å²) < 4.78 is 0. The van der Waals surface area contributed by atoms with Crippen molar-refractivity contribution in [3.63, 3.8) is 0 Å². The number of benzene rings is 1. The fraction of sp³-hybridized carbons (Fsp3) is 0.375. The van der Waals surface area contributed by atoms with Crippen LogP contribution in [0.5, 0.6) is 0 Å². The average Bonchev–Trinajstić information content (AvgIpc) is 2.77. The van der Waals surface area contributed by atoms with Crippen molar-refractivity contribution >= 4 is 5.91 Å². The lowest BCUT2D eigenvalue weighted by Crippen LogP contribution is -2.52. The molecule has 3 rings (SSSR count). The van der Waals surface area contributed by atoms with Gasteiger partial charge in [-0.1, -0.05) is 30.3 Å². The molecule has 1 aromatic carbocycles. The maximum atomic E-state index is 12.3. The van der Waals surface area contributed by atoms with E-state index in [9.17, 15) is 25.7 Å². The highest BCUT2D eigenvalue weighted by atomic mass is 16.3. The quantitative estimate of drug-likeness (QED) is 0.797. The van der Waals surface area contributed by atoms with Crippen molar-refractivity contribution in [2.45, 2.75) is 24.5 Å². The summed E-state index contributed by atoms with van der Waals surface area (Å²) in [7, 11) is 0. The summed E-state index contributed by atoms with van der Waals surface area (Å²) in [6, 6.07) is 14.5. The number of nitrogens with one attached hydrogen (secondary N) is 1. The van der Waals surface area contributed by atoms with Crippen LogP contribution in [-0.4, -0.2) is 16.7 Å². The van der Waals surface area contributed by atoms with Crippen molar-refractivity contribution in [1.82, 2.24) is 5.32 Å². The van der Waals surface area contributed by atoms with Gasteiger partial charge in [-0.15, -0.1) is 0 Å². The SMILES string of the molecule is N#CC12CC(O)(CC(c3ccccc3)C1(C#N)C#N)NC2=O. The van der Waals surface area contributed by atoms with E-state index in [1.54, 1.807) is 30.3 Å². The molecule has 2 fully saturated rings. The lowest BCUT2D eigenvalue weighted by molar-refractivity contribution is -0.128. The number of nitriles is 3. The van der Waals surface area contributed by atoms with Gasteiger partial charge in [-0.2, -0.15) is 15.8 Å². The molecule has 22 heavy (non-hydrogen) atoms. The number of rotatable bonds is 1. The average molecular weight is 292 g/mol. The fourth-order valence-corrected chi connectivity index (χ4v) is 3.71. The zero-order valence-corrected chi connectivity index (χ0v) is 11.6. The van der Waals surface area contributed by atoms with Gasteiger partial charge in [0, 0.05) is 18.8 Å². The van der Waals surface area contributed by atoms with Crippen molar-refractivity contribution in [2.24, 2.45) is 10.8 Å². The minimum absolute atomic E-state index is 0.0211. The predicted octanol–water partition coefficient (Wildman–Crippen LogP) is 0.926. The fourth-order valence-electron chi connectivity index (χ4n) is 3.71. The highest BCUT2D eigenvalue weighted by molar-refractivity contribution is 5.91. The first-order valence-corrected chi connectivity index (χ1v) is 6.81. The number of fused-ring (bicyclic) bond motifs is 2. The molecular formula is C16H12N4O2. The minimum Gasteiger partial charge on any atom is -0.371 e. The topological polar surface area (TPSA) is 121 Å². The van der Waals surface area contributed by atoms with Gasteiger partial charge < -0.3 is 10.4 Å². The zero-order chi connectivity index (χ0) is 16.0. The van der Waals surface area contributed by atoms with E-state index in [2.05, 4.69) is 5.32 Å². The van der Waals surface area contributed by atoms with E-state index in [1.807, 2.05) is 18.2 Å². The molecule has 1 aliphatic heterocycles. The van der Waals surface area contributed by atoms with Crippen LogP contribution < -0.4 is 5.32 Å². The van der Waals surface area contributed by atoms with Crippen LogP contribution in [-0.2, 0) is 4.79 Å². The highest BCUT2D eigenvalue weighted by Gasteiger charge is 2.73. The Hall–Kier alpha value is -2.88. The number of hydrogen-bond acceptors (Lipinski definition) is 5. The summed E-state index contributed by atoms with van der Waals surface area (Å²) in [6.45, 7) is 0. The standard InChI is InChI=1S/C16H12N4O2/c17-8-14-7-16(22,20-13(14)21)6-12(15(14,9-18)10-19)11-4-2-1-3-5-11/h1-5,12,22H,6-7H2,(H,20,21). The van der Waals surface area contributed by atoms with Crippen LogP contribution in [0.25, 0.3) is 0 Å². The number of carbonyl (C=O) groups excluding carboxylic acids is 1. The molecule has 0 aromatic heterocycles. The highest BCUT2D eigenvalue weighted by Crippen LogP contribution is 2.62. The van der Waals surface area contributed by atoms with Crippen molar-refractivity contribution < 1.29 is 9.90 Å². The van der Waals surface area contributed by atoms with Crippen LogP contribution in [0.3, 0.4) is 0 Å². The van der Waals surface area contributed by atoms with Crippen LogP contribution in [0.15, 0.2) is 30.3 Å². The molecule has 0 spiro atoms. The first-order chi connectivity index (χ1) is 10.5. The molecule has 2 aliphatic rings. The summed E-state index contributed by atoms with van der Waals surface area (Å²) in [5.74, 6) is -1.49. The maximum Gasteiger partial charge on any atom is 0.245 e. The molecule has 0 radical (unpaired) electrons. The molecule has 2 bridgehead atoms. The normalized spacial score (nSPS) is 34.8. The largest absolute Gasteiger partial charge is 0.371 e. The molecule has 2 N–H and O–H groups in total. The molecule has 1 amide bonds. The number of hydrogen-bond donors (Lipinski definition) is 2. The Morgan fingerprint density at radius 1 is 1.14 bits per heavy atom. The van der Waals surface area contributed by atoms with E-state index in [-0.39, 0.29) is 12.8 Å². The van der Waals surface area contributed by atoms with Crippen molar-refractivity contribution in [3.05, 3.63) is 35.9 Å². The Morgan fingerprint density at radius 2 is 1.77 bits per heavy atom. The second-order valence-electron chi connectivity index (χ2n) is 5.88. The van der Waals surface area contributed by atoms with Gasteiger partial charge in [0.15, 0.2) is 10.8 Å². The minimum atomic E-state index is -1.87. The van der Waals surface area contributed by atoms with Crippen LogP contribution in [0.4, 0.5) is 0 Å². The van der Waals surface area contributed by atoms with Crippen LogP contribution >= 0.6 is 0 Å². The molecule has 6 nitrogen and oxygen atoms in total. The lowest BCUT2D eigenvalue weighted by Gasteiger charge is -2.43. The molecule has 1 aromatic rings. The van der Waals surface area contributed by atoms with E-state index >= 15 is 0 Å². The summed E-state index contributed by atoms with van der Waals surface area (Å²) in [6.07, 6.45) is -0.229. The van der Waals surface area contributed by atoms with Crippen molar-refractivity contribution in [3.8, 4) is 18.2 Å². The molecule has 1 saturated heterocycles. The molecule has 3 unspecified atom stereocenters. The summed E-state index contributed by atoms with van der Waals surface area (Å²) >= 11 is 0. The number of amides is 1. The molecule has 1 saturated carbocycles. The number of aliphatic hydroxyl groups is 1. The Balaban J connectivity index is 2.29. The van der Waals surface area contributed by atoms with Gasteiger partial charge in [-0.3, -0.25) is 4.79 Å². The second-order valence-corrected chi connectivity index (χ2v) is 5.88. The van der Waals surface area contributed by atoms with Gasteiger partial charge in [-0.25, -0.2) is 0 Å².